The molecule has 0 fully saturated rings. The number of nitrogens with zero attached hydrogens (tertiary/aromatic N) is 1. The number of halogens is 2. The lowest BCUT2D eigenvalue weighted by Crippen LogP contribution is -2.28. The molecule has 0 radical (unpaired) electrons. The number of rotatable bonds is 4. The second kappa shape index (κ2) is 7.15. The van der Waals surface area contributed by atoms with E-state index in [9.17, 15) is 14.5 Å². The van der Waals surface area contributed by atoms with E-state index < -0.39 is 10.7 Å². The van der Waals surface area contributed by atoms with Crippen LogP contribution in [0.25, 0.3) is 0 Å². The first-order chi connectivity index (χ1) is 10.5. The molecule has 0 aliphatic heterocycles. The Hall–Kier alpha value is -2.25. The Bertz CT molecular complexity index is 710. The number of hydrogen-bond acceptors (Lipinski definition) is 3. The van der Waals surface area contributed by atoms with Crippen molar-refractivity contribution in [3.63, 3.8) is 0 Å². The van der Waals surface area contributed by atoms with Crippen LogP contribution < -0.4 is 10.6 Å². The average Bonchev–Trinajstić information content (AvgIpc) is 2.48. The maximum atomic E-state index is 13.1. The van der Waals surface area contributed by atoms with Gasteiger partial charge in [-0.3, -0.25) is 10.1 Å². The Morgan fingerprint density at radius 3 is 2.59 bits per heavy atom. The van der Waals surface area contributed by atoms with Crippen molar-refractivity contribution in [3.8, 4) is 0 Å². The molecule has 2 N–H and O–H groups in total. The minimum absolute atomic E-state index is 0.125. The first kappa shape index (κ1) is 16.1. The highest BCUT2D eigenvalue weighted by atomic mass is 35.5. The quantitative estimate of drug-likeness (QED) is 0.503. The summed E-state index contributed by atoms with van der Waals surface area (Å²) in [4.78, 5) is 10.2. The van der Waals surface area contributed by atoms with E-state index in [1.54, 1.807) is 12.1 Å². The summed E-state index contributed by atoms with van der Waals surface area (Å²) in [7, 11) is 0. The number of thiocarbonyl (C=S) groups is 1. The summed E-state index contributed by atoms with van der Waals surface area (Å²) < 4.78 is 13.1. The highest BCUT2D eigenvalue weighted by molar-refractivity contribution is 7.80. The van der Waals surface area contributed by atoms with Crippen molar-refractivity contribution in [2.24, 2.45) is 0 Å². The molecule has 0 aliphatic carbocycles. The van der Waals surface area contributed by atoms with E-state index in [-0.39, 0.29) is 16.5 Å². The van der Waals surface area contributed by atoms with E-state index in [4.69, 9.17) is 23.8 Å². The van der Waals surface area contributed by atoms with Crippen LogP contribution in [0, 0.1) is 15.9 Å². The van der Waals surface area contributed by atoms with Gasteiger partial charge < -0.3 is 10.6 Å². The zero-order valence-electron chi connectivity index (χ0n) is 11.2. The predicted molar refractivity (Wildman–Crippen MR) is 87.6 cm³/mol. The normalized spacial score (nSPS) is 10.1. The fraction of sp³-hybridized carbons (Fsp3) is 0.0714. The van der Waals surface area contributed by atoms with Crippen LogP contribution in [0.15, 0.2) is 42.5 Å². The number of nitro groups is 1. The zero-order chi connectivity index (χ0) is 16.1. The smallest absolute Gasteiger partial charge is 0.295 e. The number of nitro benzene ring substituents is 1. The van der Waals surface area contributed by atoms with E-state index in [1.165, 1.54) is 6.07 Å². The molecule has 2 aromatic rings. The van der Waals surface area contributed by atoms with Crippen molar-refractivity contribution in [2.45, 2.75) is 6.54 Å². The van der Waals surface area contributed by atoms with Gasteiger partial charge in [-0.25, -0.2) is 4.39 Å². The average molecular weight is 340 g/mol. The van der Waals surface area contributed by atoms with Gasteiger partial charge in [0.25, 0.3) is 5.69 Å². The molecule has 2 aromatic carbocycles. The third kappa shape index (κ3) is 4.37. The molecular formula is C14H11ClFN3O2S. The van der Waals surface area contributed by atoms with E-state index in [0.29, 0.717) is 11.6 Å². The lowest BCUT2D eigenvalue weighted by molar-refractivity contribution is -0.384. The molecule has 0 unspecified atom stereocenters. The van der Waals surface area contributed by atoms with Crippen LogP contribution in [0.5, 0.6) is 0 Å². The fourth-order valence-corrected chi connectivity index (χ4v) is 2.02. The number of anilines is 1. The Kier molecular flexibility index (Phi) is 5.24. The van der Waals surface area contributed by atoms with Gasteiger partial charge in [-0.05, 0) is 42.0 Å². The summed E-state index contributed by atoms with van der Waals surface area (Å²) in [5.41, 5.74) is 0.692. The van der Waals surface area contributed by atoms with E-state index in [0.717, 1.165) is 17.7 Å². The van der Waals surface area contributed by atoms with Gasteiger partial charge in [-0.15, -0.1) is 0 Å². The lowest BCUT2D eigenvalue weighted by Gasteiger charge is -2.11. The second-order valence-electron chi connectivity index (χ2n) is 4.35. The molecule has 0 aromatic heterocycles. The standard InChI is InChI=1S/C14H11ClFN3O2S/c15-10-3-1-9(2-4-10)8-17-14(22)18-12-6-5-11(16)7-13(12)19(20)21/h1-7H,8H2,(H2,17,18,22). The summed E-state index contributed by atoms with van der Waals surface area (Å²) in [6.45, 7) is 0.429. The number of nitrogens with one attached hydrogen (secondary N) is 2. The molecule has 114 valence electrons. The highest BCUT2D eigenvalue weighted by Crippen LogP contribution is 2.24. The summed E-state index contributed by atoms with van der Waals surface area (Å²) in [6.07, 6.45) is 0. The Labute approximate surface area is 136 Å². The molecule has 0 saturated heterocycles. The van der Waals surface area contributed by atoms with Crippen molar-refractivity contribution in [3.05, 3.63) is 69.0 Å². The third-order valence-corrected chi connectivity index (χ3v) is 3.27. The Morgan fingerprint density at radius 2 is 1.95 bits per heavy atom. The molecule has 0 spiro atoms. The lowest BCUT2D eigenvalue weighted by atomic mass is 10.2. The molecule has 0 atom stereocenters. The van der Waals surface area contributed by atoms with Crippen molar-refractivity contribution in [1.82, 2.24) is 5.32 Å². The Balaban J connectivity index is 2.00. The first-order valence-electron chi connectivity index (χ1n) is 6.19. The number of hydrogen-bond donors (Lipinski definition) is 2. The van der Waals surface area contributed by atoms with Gasteiger partial charge in [0.2, 0.25) is 0 Å². The van der Waals surface area contributed by atoms with Gasteiger partial charge >= 0.3 is 0 Å². The van der Waals surface area contributed by atoms with Crippen molar-refractivity contribution in [2.75, 3.05) is 5.32 Å². The number of benzene rings is 2. The first-order valence-corrected chi connectivity index (χ1v) is 6.97. The molecule has 2 rings (SSSR count). The van der Waals surface area contributed by atoms with Crippen LogP contribution in [-0.2, 0) is 6.54 Å². The van der Waals surface area contributed by atoms with Gasteiger partial charge in [-0.2, -0.15) is 0 Å². The minimum Gasteiger partial charge on any atom is -0.358 e. The molecule has 0 amide bonds. The fourth-order valence-electron chi connectivity index (χ4n) is 1.71. The summed E-state index contributed by atoms with van der Waals surface area (Å²) in [5.74, 6) is -0.683. The van der Waals surface area contributed by atoms with Crippen molar-refractivity contribution < 1.29 is 9.31 Å². The van der Waals surface area contributed by atoms with Crippen molar-refractivity contribution in [1.29, 1.82) is 0 Å². The van der Waals surface area contributed by atoms with Gasteiger partial charge in [0.15, 0.2) is 5.11 Å². The maximum absolute atomic E-state index is 13.1. The zero-order valence-corrected chi connectivity index (χ0v) is 12.7. The summed E-state index contributed by atoms with van der Waals surface area (Å²) >= 11 is 10.9. The molecule has 5 nitrogen and oxygen atoms in total. The predicted octanol–water partition coefficient (Wildman–Crippen LogP) is 3.87. The van der Waals surface area contributed by atoms with Crippen LogP contribution in [0.4, 0.5) is 15.8 Å². The van der Waals surface area contributed by atoms with Crippen molar-refractivity contribution >= 4 is 40.3 Å². The topological polar surface area (TPSA) is 67.2 Å². The van der Waals surface area contributed by atoms with Gasteiger partial charge in [0.05, 0.1) is 11.0 Å². The molecule has 0 bridgehead atoms. The molecule has 0 aliphatic rings. The van der Waals surface area contributed by atoms with Gasteiger partial charge in [-0.1, -0.05) is 23.7 Å². The van der Waals surface area contributed by atoms with E-state index >= 15 is 0 Å². The SMILES string of the molecule is O=[N+]([O-])c1cc(F)ccc1NC(=S)NCc1ccc(Cl)cc1. The summed E-state index contributed by atoms with van der Waals surface area (Å²) in [5, 5.41) is 17.3. The Morgan fingerprint density at radius 1 is 1.27 bits per heavy atom. The summed E-state index contributed by atoms with van der Waals surface area (Å²) in [6, 6.07) is 10.4. The maximum Gasteiger partial charge on any atom is 0.295 e. The van der Waals surface area contributed by atoms with Crippen LogP contribution in [0.2, 0.25) is 5.02 Å². The van der Waals surface area contributed by atoms with Crippen LogP contribution in [-0.4, -0.2) is 10.0 Å². The molecule has 8 heteroatoms. The minimum atomic E-state index is -0.683. The molecule has 22 heavy (non-hydrogen) atoms. The van der Waals surface area contributed by atoms with E-state index in [2.05, 4.69) is 10.6 Å². The van der Waals surface area contributed by atoms with Gasteiger partial charge in [0, 0.05) is 11.6 Å². The monoisotopic (exact) mass is 339 g/mol. The molecule has 0 heterocycles. The largest absolute Gasteiger partial charge is 0.358 e. The van der Waals surface area contributed by atoms with Crippen LogP contribution in [0.1, 0.15) is 5.56 Å². The second-order valence-corrected chi connectivity index (χ2v) is 5.20. The third-order valence-electron chi connectivity index (χ3n) is 2.77. The van der Waals surface area contributed by atoms with Crippen LogP contribution >= 0.6 is 23.8 Å². The van der Waals surface area contributed by atoms with E-state index in [1.807, 2.05) is 12.1 Å². The highest BCUT2D eigenvalue weighted by Gasteiger charge is 2.15. The molecular weight excluding hydrogens is 329 g/mol. The van der Waals surface area contributed by atoms with Crippen LogP contribution in [0.3, 0.4) is 0 Å². The van der Waals surface area contributed by atoms with Gasteiger partial charge in [0.1, 0.15) is 11.5 Å². The molecule has 0 saturated carbocycles.